The summed E-state index contributed by atoms with van der Waals surface area (Å²) in [5.41, 5.74) is 0.300. The van der Waals surface area contributed by atoms with Gasteiger partial charge in [0.25, 0.3) is 5.91 Å². The maximum absolute atomic E-state index is 12.8. The van der Waals surface area contributed by atoms with Crippen molar-refractivity contribution in [1.82, 2.24) is 19.4 Å². The average Bonchev–Trinajstić information content (AvgIpc) is 3.39. The van der Waals surface area contributed by atoms with E-state index >= 15 is 0 Å². The van der Waals surface area contributed by atoms with Crippen LogP contribution in [0.4, 0.5) is 5.13 Å². The number of hydrogen-bond acceptors (Lipinski definition) is 8. The number of carbonyl (C=O) groups excluding carboxylic acids is 1. The number of carbonyl (C=O) groups is 1. The molecule has 0 atom stereocenters. The highest BCUT2D eigenvalue weighted by atomic mass is 32.1. The van der Waals surface area contributed by atoms with Crippen LogP contribution in [0.3, 0.4) is 0 Å². The first kappa shape index (κ1) is 16.8. The zero-order chi connectivity index (χ0) is 17.9. The first-order valence-corrected chi connectivity index (χ1v) is 9.39. The zero-order valence-corrected chi connectivity index (χ0v) is 15.2. The monoisotopic (exact) mass is 373 g/mol. The number of nitrogens with zero attached hydrogens (tertiary/aromatic N) is 5. The fourth-order valence-electron chi connectivity index (χ4n) is 2.90. The fourth-order valence-corrected chi connectivity index (χ4v) is 3.70. The lowest BCUT2D eigenvalue weighted by atomic mass is 10.3. The van der Waals surface area contributed by atoms with E-state index in [-0.39, 0.29) is 5.91 Å². The second-order valence-electron chi connectivity index (χ2n) is 6.03. The van der Waals surface area contributed by atoms with E-state index in [1.807, 2.05) is 11.8 Å². The summed E-state index contributed by atoms with van der Waals surface area (Å²) in [4.78, 5) is 21.3. The van der Waals surface area contributed by atoms with E-state index in [1.54, 1.807) is 24.5 Å². The molecule has 8 nitrogen and oxygen atoms in total. The lowest BCUT2D eigenvalue weighted by molar-refractivity contribution is 0.0756. The van der Waals surface area contributed by atoms with Crippen molar-refractivity contribution in [1.29, 1.82) is 0 Å². The third-order valence-electron chi connectivity index (χ3n) is 4.32. The number of aromatic nitrogens is 3. The molecule has 3 aromatic heterocycles. The summed E-state index contributed by atoms with van der Waals surface area (Å²) >= 11 is 1.42. The first-order chi connectivity index (χ1) is 12.7. The molecule has 1 saturated heterocycles. The minimum absolute atomic E-state index is 0.125. The number of aryl methyl sites for hydroxylation is 1. The Morgan fingerprint density at radius 3 is 2.96 bits per heavy atom. The second-order valence-corrected chi connectivity index (χ2v) is 6.76. The molecule has 9 heteroatoms. The molecule has 1 amide bonds. The molecule has 4 heterocycles. The van der Waals surface area contributed by atoms with Gasteiger partial charge in [0.2, 0.25) is 10.9 Å². The Bertz CT molecular complexity index is 873. The average molecular weight is 373 g/mol. The van der Waals surface area contributed by atoms with Gasteiger partial charge in [-0.15, -0.1) is 0 Å². The number of furan rings is 1. The van der Waals surface area contributed by atoms with Crippen molar-refractivity contribution in [2.24, 2.45) is 0 Å². The van der Waals surface area contributed by atoms with Gasteiger partial charge in [-0.2, -0.15) is 4.37 Å². The highest BCUT2D eigenvalue weighted by Crippen LogP contribution is 2.23. The lowest BCUT2D eigenvalue weighted by Crippen LogP contribution is -2.35. The number of rotatable bonds is 4. The van der Waals surface area contributed by atoms with Crippen molar-refractivity contribution in [3.63, 3.8) is 0 Å². The summed E-state index contributed by atoms with van der Waals surface area (Å²) < 4.78 is 14.9. The van der Waals surface area contributed by atoms with Gasteiger partial charge in [-0.25, -0.2) is 4.98 Å². The van der Waals surface area contributed by atoms with Gasteiger partial charge in [0.15, 0.2) is 11.5 Å². The smallest absolute Gasteiger partial charge is 0.276 e. The molecule has 26 heavy (non-hydrogen) atoms. The van der Waals surface area contributed by atoms with Crippen molar-refractivity contribution in [2.45, 2.75) is 19.8 Å². The van der Waals surface area contributed by atoms with Gasteiger partial charge in [0, 0.05) is 50.2 Å². The van der Waals surface area contributed by atoms with Gasteiger partial charge in [-0.3, -0.25) is 4.79 Å². The van der Waals surface area contributed by atoms with E-state index in [9.17, 15) is 4.79 Å². The Morgan fingerprint density at radius 2 is 2.19 bits per heavy atom. The van der Waals surface area contributed by atoms with Crippen molar-refractivity contribution in [2.75, 3.05) is 31.1 Å². The molecule has 3 aromatic rings. The van der Waals surface area contributed by atoms with Crippen LogP contribution in [0.15, 0.2) is 33.4 Å². The van der Waals surface area contributed by atoms with Crippen molar-refractivity contribution in [3.8, 4) is 11.5 Å². The van der Waals surface area contributed by atoms with Crippen molar-refractivity contribution >= 4 is 22.6 Å². The molecule has 1 aliphatic heterocycles. The zero-order valence-electron chi connectivity index (χ0n) is 14.4. The molecule has 0 N–H and O–H groups in total. The molecular weight excluding hydrogens is 354 g/mol. The van der Waals surface area contributed by atoms with E-state index in [1.165, 1.54) is 11.5 Å². The molecule has 0 saturated carbocycles. The highest BCUT2D eigenvalue weighted by Gasteiger charge is 2.24. The van der Waals surface area contributed by atoms with Crippen LogP contribution in [0, 0.1) is 0 Å². The Labute approximate surface area is 154 Å². The normalized spacial score (nSPS) is 15.3. The largest absolute Gasteiger partial charge is 0.461 e. The van der Waals surface area contributed by atoms with Crippen molar-refractivity contribution < 1.29 is 13.7 Å². The molecular formula is C17H19N5O3S. The van der Waals surface area contributed by atoms with Crippen LogP contribution in [-0.2, 0) is 6.42 Å². The molecule has 1 fully saturated rings. The summed E-state index contributed by atoms with van der Waals surface area (Å²) in [6.07, 6.45) is 3.26. The van der Waals surface area contributed by atoms with Crippen LogP contribution >= 0.6 is 11.5 Å². The van der Waals surface area contributed by atoms with Gasteiger partial charge in [-0.1, -0.05) is 12.1 Å². The molecule has 4 rings (SSSR count). The predicted octanol–water partition coefficient (Wildman–Crippen LogP) is 2.70. The Hall–Kier alpha value is -2.68. The van der Waals surface area contributed by atoms with E-state index in [0.717, 1.165) is 36.9 Å². The number of amides is 1. The molecule has 0 aromatic carbocycles. The molecule has 0 aliphatic carbocycles. The van der Waals surface area contributed by atoms with Gasteiger partial charge < -0.3 is 18.7 Å². The highest BCUT2D eigenvalue weighted by molar-refractivity contribution is 7.09. The van der Waals surface area contributed by atoms with E-state index in [0.29, 0.717) is 30.3 Å². The van der Waals surface area contributed by atoms with Crippen LogP contribution in [0.5, 0.6) is 0 Å². The van der Waals surface area contributed by atoms with Crippen molar-refractivity contribution in [3.05, 3.63) is 36.0 Å². The van der Waals surface area contributed by atoms with Gasteiger partial charge >= 0.3 is 0 Å². The molecule has 0 bridgehead atoms. The second kappa shape index (κ2) is 7.28. The topological polar surface area (TPSA) is 88.5 Å². The summed E-state index contributed by atoms with van der Waals surface area (Å²) in [6.45, 7) is 4.93. The maximum Gasteiger partial charge on any atom is 0.276 e. The maximum atomic E-state index is 12.8. The molecule has 136 valence electrons. The minimum Gasteiger partial charge on any atom is -0.461 e. The molecule has 1 aliphatic rings. The van der Waals surface area contributed by atoms with Crippen LogP contribution in [0.1, 0.15) is 29.7 Å². The van der Waals surface area contributed by atoms with Crippen LogP contribution in [-0.4, -0.2) is 51.5 Å². The first-order valence-electron chi connectivity index (χ1n) is 8.62. The van der Waals surface area contributed by atoms with E-state index in [4.69, 9.17) is 8.94 Å². The third-order valence-corrected chi connectivity index (χ3v) is 5.14. The fraction of sp³-hybridized carbons (Fsp3) is 0.412. The Balaban J connectivity index is 1.43. The summed E-state index contributed by atoms with van der Waals surface area (Å²) in [5.74, 6) is 1.76. The van der Waals surface area contributed by atoms with Crippen LogP contribution in [0.2, 0.25) is 0 Å². The van der Waals surface area contributed by atoms with Crippen LogP contribution < -0.4 is 4.90 Å². The van der Waals surface area contributed by atoms with Gasteiger partial charge in [-0.05, 0) is 18.6 Å². The number of anilines is 1. The SMILES string of the molecule is CCc1nsc(N2CCCN(C(=O)c3cc(-c4ccco4)on3)CC2)n1. The van der Waals surface area contributed by atoms with E-state index in [2.05, 4.69) is 19.4 Å². The quantitative estimate of drug-likeness (QED) is 0.695. The summed E-state index contributed by atoms with van der Waals surface area (Å²) in [5, 5.41) is 4.84. The minimum atomic E-state index is -0.125. The van der Waals surface area contributed by atoms with Gasteiger partial charge in [0.1, 0.15) is 5.82 Å². The summed E-state index contributed by atoms with van der Waals surface area (Å²) in [6, 6.07) is 5.16. The molecule has 0 radical (unpaired) electrons. The Kier molecular flexibility index (Phi) is 4.70. The third kappa shape index (κ3) is 3.34. The Morgan fingerprint density at radius 1 is 1.27 bits per heavy atom. The predicted molar refractivity (Wildman–Crippen MR) is 96.2 cm³/mol. The number of hydrogen-bond donors (Lipinski definition) is 0. The van der Waals surface area contributed by atoms with Gasteiger partial charge in [0.05, 0.1) is 6.26 Å². The summed E-state index contributed by atoms with van der Waals surface area (Å²) in [7, 11) is 0. The molecule has 0 spiro atoms. The van der Waals surface area contributed by atoms with Crippen LogP contribution in [0.25, 0.3) is 11.5 Å². The van der Waals surface area contributed by atoms with E-state index < -0.39 is 0 Å². The standard InChI is InChI=1S/C17H19N5O3S/c1-2-15-18-17(26-20-15)22-7-4-6-21(8-9-22)16(23)12-11-14(25-19-12)13-5-3-10-24-13/h3,5,10-11H,2,4,6-9H2,1H3. The molecule has 0 unspecified atom stereocenters. The lowest BCUT2D eigenvalue weighted by Gasteiger charge is -2.20.